The summed E-state index contributed by atoms with van der Waals surface area (Å²) in [5.41, 5.74) is 3.60. The van der Waals surface area contributed by atoms with Crippen molar-refractivity contribution in [3.05, 3.63) is 62.8 Å². The van der Waals surface area contributed by atoms with Crippen LogP contribution in [0.1, 0.15) is 35.1 Å². The number of amides is 2. The van der Waals surface area contributed by atoms with Crippen molar-refractivity contribution >= 4 is 6.03 Å². The van der Waals surface area contributed by atoms with Crippen LogP contribution in [-0.4, -0.2) is 34.0 Å². The van der Waals surface area contributed by atoms with E-state index in [-0.39, 0.29) is 11.6 Å². The van der Waals surface area contributed by atoms with Gasteiger partial charge in [0.1, 0.15) is 5.82 Å². The van der Waals surface area contributed by atoms with Gasteiger partial charge in [-0.15, -0.1) is 0 Å². The Balaban J connectivity index is 1.83. The van der Waals surface area contributed by atoms with Crippen LogP contribution in [0.2, 0.25) is 0 Å². The lowest BCUT2D eigenvalue weighted by Gasteiger charge is -2.27. The number of rotatable bonds is 3. The van der Waals surface area contributed by atoms with E-state index in [1.54, 1.807) is 4.90 Å². The average molecular weight is 326 g/mol. The maximum absolute atomic E-state index is 12.4. The molecule has 1 aromatic heterocycles. The van der Waals surface area contributed by atoms with Gasteiger partial charge in [-0.05, 0) is 25.0 Å². The average Bonchev–Trinajstić information content (AvgIpc) is 2.57. The Morgan fingerprint density at radius 2 is 2.17 bits per heavy atom. The molecule has 1 aliphatic heterocycles. The van der Waals surface area contributed by atoms with E-state index in [9.17, 15) is 9.59 Å². The largest absolute Gasteiger partial charge is 0.338 e. The summed E-state index contributed by atoms with van der Waals surface area (Å²) in [5.74, 6) is 0.680. The van der Waals surface area contributed by atoms with Crippen LogP contribution in [0.25, 0.3) is 0 Å². The van der Waals surface area contributed by atoms with E-state index in [0.29, 0.717) is 43.9 Å². The number of nitrogens with zero attached hydrogens (tertiary/aromatic N) is 2. The van der Waals surface area contributed by atoms with E-state index in [1.807, 2.05) is 25.1 Å². The standard InChI is InChI=1S/C18H22N4O2/c1-3-19-18(24)22-9-8-15-14(11-22)17(23)21-16(20-15)10-13-7-5-4-6-12(13)2/h4-7H,3,8-11H2,1-2H3,(H,19,24)(H,20,21,23). The molecule has 0 fully saturated rings. The Bertz CT molecular complexity index is 813. The van der Waals surface area contributed by atoms with Gasteiger partial charge in [0.2, 0.25) is 0 Å². The third-order valence-corrected chi connectivity index (χ3v) is 4.35. The summed E-state index contributed by atoms with van der Waals surface area (Å²) in [5, 5.41) is 2.77. The number of hydrogen-bond donors (Lipinski definition) is 2. The lowest BCUT2D eigenvalue weighted by molar-refractivity contribution is 0.192. The van der Waals surface area contributed by atoms with Crippen LogP contribution in [-0.2, 0) is 19.4 Å². The Hall–Kier alpha value is -2.63. The van der Waals surface area contributed by atoms with E-state index in [2.05, 4.69) is 28.3 Å². The van der Waals surface area contributed by atoms with E-state index >= 15 is 0 Å². The molecule has 1 aromatic carbocycles. The van der Waals surface area contributed by atoms with Crippen LogP contribution < -0.4 is 10.9 Å². The first kappa shape index (κ1) is 16.2. The van der Waals surface area contributed by atoms with Gasteiger partial charge in [-0.25, -0.2) is 9.78 Å². The van der Waals surface area contributed by atoms with Crippen molar-refractivity contribution in [2.75, 3.05) is 13.1 Å². The molecular formula is C18H22N4O2. The van der Waals surface area contributed by atoms with Gasteiger partial charge in [0.15, 0.2) is 0 Å². The van der Waals surface area contributed by atoms with Gasteiger partial charge in [-0.2, -0.15) is 0 Å². The monoisotopic (exact) mass is 326 g/mol. The molecule has 6 heteroatoms. The zero-order valence-corrected chi connectivity index (χ0v) is 14.1. The summed E-state index contributed by atoms with van der Waals surface area (Å²) in [6.07, 6.45) is 1.21. The summed E-state index contributed by atoms with van der Waals surface area (Å²) >= 11 is 0. The number of nitrogens with one attached hydrogen (secondary N) is 2. The number of H-pyrrole nitrogens is 1. The SMILES string of the molecule is CCNC(=O)N1CCc2nc(Cc3ccccc3C)[nH]c(=O)c2C1. The van der Waals surface area contributed by atoms with Gasteiger partial charge >= 0.3 is 6.03 Å². The number of fused-ring (bicyclic) bond motifs is 1. The van der Waals surface area contributed by atoms with Gasteiger partial charge in [-0.3, -0.25) is 4.79 Å². The molecule has 0 saturated heterocycles. The van der Waals surface area contributed by atoms with Gasteiger partial charge in [0, 0.05) is 25.9 Å². The topological polar surface area (TPSA) is 78.1 Å². The minimum atomic E-state index is -0.141. The Morgan fingerprint density at radius 1 is 1.38 bits per heavy atom. The van der Waals surface area contributed by atoms with E-state index < -0.39 is 0 Å². The summed E-state index contributed by atoms with van der Waals surface area (Å²) < 4.78 is 0. The van der Waals surface area contributed by atoms with Crippen LogP contribution >= 0.6 is 0 Å². The molecule has 0 spiro atoms. The number of aryl methyl sites for hydroxylation is 1. The summed E-state index contributed by atoms with van der Waals surface area (Å²) in [4.78, 5) is 33.5. The number of carbonyl (C=O) groups is 1. The number of urea groups is 1. The lowest BCUT2D eigenvalue weighted by Crippen LogP contribution is -2.44. The summed E-state index contributed by atoms with van der Waals surface area (Å²) in [6.45, 7) is 5.40. The molecule has 2 amide bonds. The Kier molecular flexibility index (Phi) is 4.64. The van der Waals surface area contributed by atoms with Gasteiger partial charge in [-0.1, -0.05) is 24.3 Å². The molecule has 0 radical (unpaired) electrons. The fourth-order valence-electron chi connectivity index (χ4n) is 2.99. The predicted octanol–water partition coefficient (Wildman–Crippen LogP) is 1.76. The van der Waals surface area contributed by atoms with Crippen molar-refractivity contribution in [2.45, 2.75) is 33.2 Å². The molecule has 0 atom stereocenters. The van der Waals surface area contributed by atoms with Crippen molar-refractivity contribution in [2.24, 2.45) is 0 Å². The van der Waals surface area contributed by atoms with Crippen LogP contribution in [0, 0.1) is 6.92 Å². The molecule has 24 heavy (non-hydrogen) atoms. The van der Waals surface area contributed by atoms with Gasteiger partial charge in [0.05, 0.1) is 17.8 Å². The third-order valence-electron chi connectivity index (χ3n) is 4.35. The minimum Gasteiger partial charge on any atom is -0.338 e. The van der Waals surface area contributed by atoms with E-state index in [1.165, 1.54) is 5.56 Å². The molecule has 0 unspecified atom stereocenters. The Labute approximate surface area is 140 Å². The highest BCUT2D eigenvalue weighted by Crippen LogP contribution is 2.16. The smallest absolute Gasteiger partial charge is 0.317 e. The first-order chi connectivity index (χ1) is 11.6. The number of benzene rings is 1. The molecule has 3 rings (SSSR count). The van der Waals surface area contributed by atoms with Crippen molar-refractivity contribution in [1.82, 2.24) is 20.2 Å². The maximum atomic E-state index is 12.4. The first-order valence-electron chi connectivity index (χ1n) is 8.26. The quantitative estimate of drug-likeness (QED) is 0.902. The molecule has 1 aliphatic rings. The molecule has 6 nitrogen and oxygen atoms in total. The number of carbonyl (C=O) groups excluding carboxylic acids is 1. The maximum Gasteiger partial charge on any atom is 0.317 e. The third kappa shape index (κ3) is 3.32. The lowest BCUT2D eigenvalue weighted by atomic mass is 10.0. The molecule has 0 bridgehead atoms. The molecule has 126 valence electrons. The second-order valence-electron chi connectivity index (χ2n) is 6.05. The van der Waals surface area contributed by atoms with Gasteiger partial charge in [0.25, 0.3) is 5.56 Å². The Morgan fingerprint density at radius 3 is 2.92 bits per heavy atom. The second kappa shape index (κ2) is 6.86. The van der Waals surface area contributed by atoms with Crippen molar-refractivity contribution in [3.8, 4) is 0 Å². The van der Waals surface area contributed by atoms with Crippen molar-refractivity contribution in [3.63, 3.8) is 0 Å². The van der Waals surface area contributed by atoms with Crippen LogP contribution in [0.3, 0.4) is 0 Å². The highest BCUT2D eigenvalue weighted by atomic mass is 16.2. The van der Waals surface area contributed by atoms with E-state index in [4.69, 9.17) is 0 Å². The molecule has 2 aromatic rings. The molecule has 0 aliphatic carbocycles. The first-order valence-corrected chi connectivity index (χ1v) is 8.26. The predicted molar refractivity (Wildman–Crippen MR) is 92.0 cm³/mol. The van der Waals surface area contributed by atoms with Crippen LogP contribution in [0.15, 0.2) is 29.1 Å². The summed E-state index contributed by atoms with van der Waals surface area (Å²) in [6, 6.07) is 7.95. The number of hydrogen-bond acceptors (Lipinski definition) is 3. The number of aromatic amines is 1. The molecule has 2 heterocycles. The molecule has 2 N–H and O–H groups in total. The minimum absolute atomic E-state index is 0.133. The molecule has 0 saturated carbocycles. The normalized spacial score (nSPS) is 13.5. The van der Waals surface area contributed by atoms with Crippen molar-refractivity contribution < 1.29 is 4.79 Å². The summed E-state index contributed by atoms with van der Waals surface area (Å²) in [7, 11) is 0. The van der Waals surface area contributed by atoms with Gasteiger partial charge < -0.3 is 15.2 Å². The highest BCUT2D eigenvalue weighted by Gasteiger charge is 2.24. The van der Waals surface area contributed by atoms with Crippen LogP contribution in [0.4, 0.5) is 4.79 Å². The van der Waals surface area contributed by atoms with E-state index in [0.717, 1.165) is 11.3 Å². The van der Waals surface area contributed by atoms with Crippen molar-refractivity contribution in [1.29, 1.82) is 0 Å². The zero-order chi connectivity index (χ0) is 17.1. The van der Waals surface area contributed by atoms with Crippen LogP contribution in [0.5, 0.6) is 0 Å². The zero-order valence-electron chi connectivity index (χ0n) is 14.1. The molecular weight excluding hydrogens is 304 g/mol. The number of aromatic nitrogens is 2. The fourth-order valence-corrected chi connectivity index (χ4v) is 2.99. The second-order valence-corrected chi connectivity index (χ2v) is 6.05. The fraction of sp³-hybridized carbons (Fsp3) is 0.389. The highest BCUT2D eigenvalue weighted by molar-refractivity contribution is 5.74.